The van der Waals surface area contributed by atoms with E-state index in [1.165, 1.54) is 6.07 Å². The zero-order valence-corrected chi connectivity index (χ0v) is 16.2. The summed E-state index contributed by atoms with van der Waals surface area (Å²) < 4.78 is 21.7. The Morgan fingerprint density at radius 3 is 2.31 bits per heavy atom. The van der Waals surface area contributed by atoms with Gasteiger partial charge in [0.2, 0.25) is 0 Å². The molecule has 1 aromatic heterocycles. The van der Waals surface area contributed by atoms with Crippen LogP contribution in [0.15, 0.2) is 82.0 Å². The van der Waals surface area contributed by atoms with Crippen LogP contribution in [0.1, 0.15) is 5.56 Å². The Morgan fingerprint density at radius 1 is 0.793 bits per heavy atom. The summed E-state index contributed by atoms with van der Waals surface area (Å²) in [7, 11) is 3.25. The lowest BCUT2D eigenvalue weighted by Crippen LogP contribution is -1.99. The van der Waals surface area contributed by atoms with Gasteiger partial charge in [-0.05, 0) is 53.1 Å². The maximum Gasteiger partial charge on any atom is 0.336 e. The molecule has 0 saturated carbocycles. The van der Waals surface area contributed by atoms with Gasteiger partial charge >= 0.3 is 5.63 Å². The molecule has 0 spiro atoms. The molecule has 4 aromatic rings. The number of ether oxygens (including phenoxy) is 3. The molecule has 0 radical (unpaired) electrons. The summed E-state index contributed by atoms with van der Waals surface area (Å²) in [5.74, 6) is 2.16. The van der Waals surface area contributed by atoms with Gasteiger partial charge in [-0.15, -0.1) is 0 Å². The maximum atomic E-state index is 12.1. The highest BCUT2D eigenvalue weighted by Gasteiger charge is 2.10. The van der Waals surface area contributed by atoms with Crippen molar-refractivity contribution in [2.24, 2.45) is 0 Å². The molecule has 5 nitrogen and oxygen atoms in total. The van der Waals surface area contributed by atoms with Crippen LogP contribution in [-0.4, -0.2) is 14.2 Å². The van der Waals surface area contributed by atoms with Gasteiger partial charge in [0.05, 0.1) is 14.2 Å². The third kappa shape index (κ3) is 4.09. The van der Waals surface area contributed by atoms with Crippen LogP contribution in [0.4, 0.5) is 0 Å². The van der Waals surface area contributed by atoms with Crippen molar-refractivity contribution in [3.8, 4) is 28.4 Å². The zero-order valence-electron chi connectivity index (χ0n) is 16.2. The van der Waals surface area contributed by atoms with Crippen LogP contribution in [0.25, 0.3) is 22.1 Å². The molecule has 0 aliphatic carbocycles. The van der Waals surface area contributed by atoms with Crippen molar-refractivity contribution in [1.29, 1.82) is 0 Å². The highest BCUT2D eigenvalue weighted by molar-refractivity contribution is 5.93. The van der Waals surface area contributed by atoms with Crippen molar-refractivity contribution in [2.45, 2.75) is 6.61 Å². The van der Waals surface area contributed by atoms with Crippen molar-refractivity contribution in [3.63, 3.8) is 0 Å². The third-order valence-corrected chi connectivity index (χ3v) is 4.66. The van der Waals surface area contributed by atoms with Crippen LogP contribution in [0.5, 0.6) is 17.2 Å². The standard InChI is InChI=1S/C24H20O5/c1-26-18-8-6-17(7-9-18)22-14-24(25)29-23-13-20(10-11-21(22)23)28-15-16-4-3-5-19(12-16)27-2/h3-14H,15H2,1-2H3. The molecule has 0 bridgehead atoms. The van der Waals surface area contributed by atoms with Crippen LogP contribution in [0.2, 0.25) is 0 Å². The molecule has 0 atom stereocenters. The van der Waals surface area contributed by atoms with Gasteiger partial charge in [-0.2, -0.15) is 0 Å². The van der Waals surface area contributed by atoms with Gasteiger partial charge in [0.1, 0.15) is 29.4 Å². The monoisotopic (exact) mass is 388 g/mol. The summed E-state index contributed by atoms with van der Waals surface area (Å²) in [6.45, 7) is 0.380. The summed E-state index contributed by atoms with van der Waals surface area (Å²) in [5.41, 5.74) is 2.77. The lowest BCUT2D eigenvalue weighted by atomic mass is 10.0. The van der Waals surface area contributed by atoms with Gasteiger partial charge in [0, 0.05) is 17.5 Å². The van der Waals surface area contributed by atoms with E-state index in [-0.39, 0.29) is 0 Å². The second kappa shape index (κ2) is 8.10. The largest absolute Gasteiger partial charge is 0.497 e. The SMILES string of the molecule is COc1ccc(-c2cc(=O)oc3cc(OCc4cccc(OC)c4)ccc23)cc1. The Bertz CT molecular complexity index is 1190. The highest BCUT2D eigenvalue weighted by atomic mass is 16.5. The van der Waals surface area contributed by atoms with Gasteiger partial charge < -0.3 is 18.6 Å². The smallest absolute Gasteiger partial charge is 0.336 e. The number of rotatable bonds is 6. The Morgan fingerprint density at radius 2 is 1.55 bits per heavy atom. The molecule has 0 N–H and O–H groups in total. The van der Waals surface area contributed by atoms with Crippen LogP contribution in [0.3, 0.4) is 0 Å². The van der Waals surface area contributed by atoms with E-state index in [2.05, 4.69) is 0 Å². The fraction of sp³-hybridized carbons (Fsp3) is 0.125. The number of methoxy groups -OCH3 is 2. The molecule has 1 heterocycles. The van der Waals surface area contributed by atoms with Gasteiger partial charge in [0.25, 0.3) is 0 Å². The lowest BCUT2D eigenvalue weighted by molar-refractivity contribution is 0.305. The average Bonchev–Trinajstić information content (AvgIpc) is 2.77. The predicted octanol–water partition coefficient (Wildman–Crippen LogP) is 5.06. The first-order valence-electron chi connectivity index (χ1n) is 9.14. The van der Waals surface area contributed by atoms with Crippen molar-refractivity contribution >= 4 is 11.0 Å². The zero-order chi connectivity index (χ0) is 20.2. The van der Waals surface area contributed by atoms with Crippen molar-refractivity contribution < 1.29 is 18.6 Å². The first-order chi connectivity index (χ1) is 14.2. The first kappa shape index (κ1) is 18.6. The van der Waals surface area contributed by atoms with Gasteiger partial charge in [-0.3, -0.25) is 0 Å². The Labute approximate surface area is 168 Å². The molecule has 0 unspecified atom stereocenters. The van der Waals surface area contributed by atoms with E-state index in [1.807, 2.05) is 60.7 Å². The van der Waals surface area contributed by atoms with Crippen molar-refractivity contribution in [1.82, 2.24) is 0 Å². The Kier molecular flexibility index (Phi) is 5.20. The highest BCUT2D eigenvalue weighted by Crippen LogP contribution is 2.31. The van der Waals surface area contributed by atoms with E-state index in [1.54, 1.807) is 20.3 Å². The number of fused-ring (bicyclic) bond motifs is 1. The van der Waals surface area contributed by atoms with E-state index in [9.17, 15) is 4.79 Å². The molecular formula is C24H20O5. The molecule has 146 valence electrons. The summed E-state index contributed by atoms with van der Waals surface area (Å²) in [6, 6.07) is 22.3. The summed E-state index contributed by atoms with van der Waals surface area (Å²) in [6.07, 6.45) is 0. The fourth-order valence-corrected chi connectivity index (χ4v) is 3.17. The second-order valence-corrected chi connectivity index (χ2v) is 6.51. The maximum absolute atomic E-state index is 12.1. The molecule has 0 fully saturated rings. The van der Waals surface area contributed by atoms with Crippen molar-refractivity contribution in [2.75, 3.05) is 14.2 Å². The number of hydrogen-bond acceptors (Lipinski definition) is 5. The van der Waals surface area contributed by atoms with Crippen LogP contribution < -0.4 is 19.8 Å². The van der Waals surface area contributed by atoms with E-state index in [0.717, 1.165) is 33.6 Å². The lowest BCUT2D eigenvalue weighted by Gasteiger charge is -2.10. The first-order valence-corrected chi connectivity index (χ1v) is 9.14. The molecule has 0 amide bonds. The molecule has 0 aliphatic heterocycles. The van der Waals surface area contributed by atoms with Gasteiger partial charge in [-0.1, -0.05) is 24.3 Å². The normalized spacial score (nSPS) is 10.7. The quantitative estimate of drug-likeness (QED) is 0.432. The molecule has 0 aliphatic rings. The van der Waals surface area contributed by atoms with Crippen LogP contribution >= 0.6 is 0 Å². The summed E-state index contributed by atoms with van der Waals surface area (Å²) in [5, 5.41) is 0.837. The molecular weight excluding hydrogens is 368 g/mol. The van der Waals surface area contributed by atoms with Gasteiger partial charge in [-0.25, -0.2) is 4.79 Å². The van der Waals surface area contributed by atoms with Crippen LogP contribution in [-0.2, 0) is 6.61 Å². The second-order valence-electron chi connectivity index (χ2n) is 6.51. The average molecular weight is 388 g/mol. The molecule has 29 heavy (non-hydrogen) atoms. The Balaban J connectivity index is 1.64. The topological polar surface area (TPSA) is 57.9 Å². The van der Waals surface area contributed by atoms with E-state index >= 15 is 0 Å². The minimum atomic E-state index is -0.409. The number of hydrogen-bond donors (Lipinski definition) is 0. The van der Waals surface area contributed by atoms with E-state index in [0.29, 0.717) is 17.9 Å². The molecule has 5 heteroatoms. The Hall–Kier alpha value is -3.73. The van der Waals surface area contributed by atoms with Gasteiger partial charge in [0.15, 0.2) is 0 Å². The third-order valence-electron chi connectivity index (χ3n) is 4.66. The summed E-state index contributed by atoms with van der Waals surface area (Å²) >= 11 is 0. The van der Waals surface area contributed by atoms with Crippen molar-refractivity contribution in [3.05, 3.63) is 88.8 Å². The van der Waals surface area contributed by atoms with E-state index < -0.39 is 5.63 Å². The molecule has 0 saturated heterocycles. The summed E-state index contributed by atoms with van der Waals surface area (Å²) in [4.78, 5) is 12.1. The minimum absolute atomic E-state index is 0.380. The molecule has 4 rings (SSSR count). The fourth-order valence-electron chi connectivity index (χ4n) is 3.17. The molecule has 3 aromatic carbocycles. The minimum Gasteiger partial charge on any atom is -0.497 e. The van der Waals surface area contributed by atoms with Crippen LogP contribution in [0, 0.1) is 0 Å². The number of benzene rings is 3. The predicted molar refractivity (Wildman–Crippen MR) is 112 cm³/mol. The van der Waals surface area contributed by atoms with E-state index in [4.69, 9.17) is 18.6 Å².